The van der Waals surface area contributed by atoms with Gasteiger partial charge in [-0.2, -0.15) is 0 Å². The zero-order valence-corrected chi connectivity index (χ0v) is 11.2. The van der Waals surface area contributed by atoms with E-state index in [4.69, 9.17) is 10.5 Å². The molecule has 2 rings (SSSR count). The summed E-state index contributed by atoms with van der Waals surface area (Å²) in [5.74, 6) is 0.865. The fourth-order valence-corrected chi connectivity index (χ4v) is 2.49. The molecule has 104 valence electrons. The monoisotopic (exact) mass is 255 g/mol. The van der Waals surface area contributed by atoms with Crippen molar-refractivity contribution in [3.8, 4) is 0 Å². The Labute approximate surface area is 109 Å². The number of carbonyl (C=O) groups excluding carboxylic acids is 1. The molecular weight excluding hydrogens is 230 g/mol. The summed E-state index contributed by atoms with van der Waals surface area (Å²) in [6.07, 6.45) is 4.89. The van der Waals surface area contributed by atoms with Crippen LogP contribution in [-0.2, 0) is 9.53 Å². The molecule has 0 aromatic heterocycles. The van der Waals surface area contributed by atoms with Gasteiger partial charge >= 0.3 is 0 Å². The lowest BCUT2D eigenvalue weighted by Crippen LogP contribution is -2.51. The molecule has 5 nitrogen and oxygen atoms in total. The Bertz CT molecular complexity index is 273. The highest BCUT2D eigenvalue weighted by atomic mass is 16.5. The first-order valence-electron chi connectivity index (χ1n) is 6.96. The van der Waals surface area contributed by atoms with Crippen LogP contribution in [0.25, 0.3) is 0 Å². The molecule has 1 amide bonds. The van der Waals surface area contributed by atoms with Crippen molar-refractivity contribution in [3.05, 3.63) is 0 Å². The minimum atomic E-state index is -0.542. The molecule has 0 spiro atoms. The van der Waals surface area contributed by atoms with Gasteiger partial charge in [0.05, 0.1) is 6.61 Å². The molecule has 3 N–H and O–H groups in total. The molecule has 1 aliphatic carbocycles. The van der Waals surface area contributed by atoms with Crippen molar-refractivity contribution in [1.29, 1.82) is 0 Å². The van der Waals surface area contributed by atoms with Crippen molar-refractivity contribution in [1.82, 2.24) is 10.2 Å². The summed E-state index contributed by atoms with van der Waals surface area (Å²) < 4.78 is 4.89. The molecule has 1 saturated heterocycles. The predicted molar refractivity (Wildman–Crippen MR) is 70.2 cm³/mol. The number of likely N-dealkylation sites (tertiary alicyclic amines) is 1. The molecule has 1 heterocycles. The Hall–Kier alpha value is -0.650. The van der Waals surface area contributed by atoms with Crippen molar-refractivity contribution in [2.45, 2.75) is 37.8 Å². The number of hydrogen-bond donors (Lipinski definition) is 2. The summed E-state index contributed by atoms with van der Waals surface area (Å²) >= 11 is 0. The number of nitrogens with zero attached hydrogens (tertiary/aromatic N) is 1. The van der Waals surface area contributed by atoms with Crippen LogP contribution in [0.15, 0.2) is 0 Å². The third-order valence-electron chi connectivity index (χ3n) is 3.83. The first kappa shape index (κ1) is 13.8. The molecular formula is C13H25N3O2. The van der Waals surface area contributed by atoms with Gasteiger partial charge in [0.1, 0.15) is 6.04 Å². The molecule has 2 aliphatic rings. The summed E-state index contributed by atoms with van der Waals surface area (Å²) in [6, 6.07) is -0.254. The lowest BCUT2D eigenvalue weighted by molar-refractivity contribution is -0.124. The summed E-state index contributed by atoms with van der Waals surface area (Å²) in [5, 5.41) is 3.02. The SMILES string of the molecule is COCC(N)C(=O)NC1CCN(CC2CC2)CC1. The van der Waals surface area contributed by atoms with Gasteiger partial charge in [0.2, 0.25) is 5.91 Å². The average molecular weight is 255 g/mol. The molecule has 1 unspecified atom stereocenters. The molecule has 18 heavy (non-hydrogen) atoms. The van der Waals surface area contributed by atoms with E-state index in [1.54, 1.807) is 7.11 Å². The molecule has 1 aliphatic heterocycles. The third-order valence-corrected chi connectivity index (χ3v) is 3.83. The minimum Gasteiger partial charge on any atom is -0.383 e. The van der Waals surface area contributed by atoms with Crippen LogP contribution in [0.3, 0.4) is 0 Å². The maximum atomic E-state index is 11.7. The van der Waals surface area contributed by atoms with Gasteiger partial charge < -0.3 is 20.7 Å². The first-order chi connectivity index (χ1) is 8.69. The minimum absolute atomic E-state index is 0.0857. The Kier molecular flexibility index (Phi) is 4.97. The van der Waals surface area contributed by atoms with Gasteiger partial charge in [0, 0.05) is 32.8 Å². The molecule has 2 fully saturated rings. The summed E-state index contributed by atoms with van der Waals surface area (Å²) in [5.41, 5.74) is 5.70. The highest BCUT2D eigenvalue weighted by Crippen LogP contribution is 2.30. The summed E-state index contributed by atoms with van der Waals surface area (Å²) in [6.45, 7) is 3.73. The fraction of sp³-hybridized carbons (Fsp3) is 0.923. The number of ether oxygens (including phenoxy) is 1. The van der Waals surface area contributed by atoms with Gasteiger partial charge in [-0.25, -0.2) is 0 Å². The van der Waals surface area contributed by atoms with Crippen LogP contribution in [0.2, 0.25) is 0 Å². The van der Waals surface area contributed by atoms with E-state index in [1.165, 1.54) is 19.4 Å². The van der Waals surface area contributed by atoms with Crippen LogP contribution in [0.5, 0.6) is 0 Å². The van der Waals surface area contributed by atoms with Crippen LogP contribution >= 0.6 is 0 Å². The number of nitrogens with two attached hydrogens (primary N) is 1. The second kappa shape index (κ2) is 6.50. The maximum Gasteiger partial charge on any atom is 0.239 e. The van der Waals surface area contributed by atoms with E-state index in [2.05, 4.69) is 10.2 Å². The number of carbonyl (C=O) groups is 1. The van der Waals surface area contributed by atoms with Crippen molar-refractivity contribution >= 4 is 5.91 Å². The van der Waals surface area contributed by atoms with Crippen LogP contribution in [0.4, 0.5) is 0 Å². The largest absolute Gasteiger partial charge is 0.383 e. The maximum absolute atomic E-state index is 11.7. The van der Waals surface area contributed by atoms with Gasteiger partial charge in [-0.15, -0.1) is 0 Å². The highest BCUT2D eigenvalue weighted by Gasteiger charge is 2.28. The Balaban J connectivity index is 1.64. The van der Waals surface area contributed by atoms with Crippen molar-refractivity contribution in [2.75, 3.05) is 33.4 Å². The lowest BCUT2D eigenvalue weighted by Gasteiger charge is -2.32. The second-order valence-corrected chi connectivity index (χ2v) is 5.59. The quantitative estimate of drug-likeness (QED) is 0.698. The van der Waals surface area contributed by atoms with Crippen LogP contribution < -0.4 is 11.1 Å². The van der Waals surface area contributed by atoms with Crippen molar-refractivity contribution in [2.24, 2.45) is 11.7 Å². The molecule has 5 heteroatoms. The van der Waals surface area contributed by atoms with E-state index >= 15 is 0 Å². The van der Waals surface area contributed by atoms with Crippen molar-refractivity contribution in [3.63, 3.8) is 0 Å². The highest BCUT2D eigenvalue weighted by molar-refractivity contribution is 5.81. The lowest BCUT2D eigenvalue weighted by atomic mass is 10.0. The van der Waals surface area contributed by atoms with Gasteiger partial charge in [0.25, 0.3) is 0 Å². The Morgan fingerprint density at radius 1 is 1.39 bits per heavy atom. The molecule has 1 atom stereocenters. The average Bonchev–Trinajstić information content (AvgIpc) is 3.16. The number of piperidine rings is 1. The smallest absolute Gasteiger partial charge is 0.239 e. The van der Waals surface area contributed by atoms with Gasteiger partial charge in [-0.1, -0.05) is 0 Å². The Morgan fingerprint density at radius 2 is 2.06 bits per heavy atom. The fourth-order valence-electron chi connectivity index (χ4n) is 2.49. The molecule has 1 saturated carbocycles. The van der Waals surface area contributed by atoms with E-state index in [0.717, 1.165) is 31.8 Å². The van der Waals surface area contributed by atoms with E-state index in [1.807, 2.05) is 0 Å². The number of methoxy groups -OCH3 is 1. The van der Waals surface area contributed by atoms with Crippen LogP contribution in [-0.4, -0.2) is 56.2 Å². The predicted octanol–water partition coefficient (Wildman–Crippen LogP) is -0.0493. The van der Waals surface area contributed by atoms with Crippen LogP contribution in [0.1, 0.15) is 25.7 Å². The number of hydrogen-bond acceptors (Lipinski definition) is 4. The summed E-state index contributed by atoms with van der Waals surface area (Å²) in [4.78, 5) is 14.3. The van der Waals surface area contributed by atoms with E-state index in [9.17, 15) is 4.79 Å². The van der Waals surface area contributed by atoms with Crippen molar-refractivity contribution < 1.29 is 9.53 Å². The topological polar surface area (TPSA) is 67.6 Å². The zero-order valence-electron chi connectivity index (χ0n) is 11.2. The van der Waals surface area contributed by atoms with E-state index in [0.29, 0.717) is 0 Å². The second-order valence-electron chi connectivity index (χ2n) is 5.59. The van der Waals surface area contributed by atoms with Gasteiger partial charge in [0.15, 0.2) is 0 Å². The molecule has 0 bridgehead atoms. The standard InChI is InChI=1S/C13H25N3O2/c1-18-9-12(14)13(17)15-11-4-6-16(7-5-11)8-10-2-3-10/h10-12H,2-9,14H2,1H3,(H,15,17). The Morgan fingerprint density at radius 3 is 2.61 bits per heavy atom. The number of rotatable bonds is 6. The molecule has 0 aromatic carbocycles. The third kappa shape index (κ3) is 4.23. The number of amides is 1. The van der Waals surface area contributed by atoms with Gasteiger partial charge in [-0.05, 0) is 31.6 Å². The van der Waals surface area contributed by atoms with Gasteiger partial charge in [-0.3, -0.25) is 4.79 Å². The molecule has 0 radical (unpaired) electrons. The first-order valence-corrected chi connectivity index (χ1v) is 6.96. The normalized spacial score (nSPS) is 23.9. The van der Waals surface area contributed by atoms with E-state index < -0.39 is 6.04 Å². The zero-order chi connectivity index (χ0) is 13.0. The number of nitrogens with one attached hydrogen (secondary N) is 1. The van der Waals surface area contributed by atoms with Crippen LogP contribution in [0, 0.1) is 5.92 Å². The summed E-state index contributed by atoms with van der Waals surface area (Å²) in [7, 11) is 1.56. The van der Waals surface area contributed by atoms with E-state index in [-0.39, 0.29) is 18.6 Å². The molecule has 0 aromatic rings.